The number of nitro groups is 1. The van der Waals surface area contributed by atoms with Crippen LogP contribution in [-0.2, 0) is 9.53 Å². The highest BCUT2D eigenvalue weighted by Gasteiger charge is 2.30. The average molecular weight is 266 g/mol. The molecular weight excluding hydrogens is 252 g/mol. The molecule has 19 heavy (non-hydrogen) atoms. The molecule has 0 unspecified atom stereocenters. The van der Waals surface area contributed by atoms with Crippen molar-refractivity contribution in [1.29, 1.82) is 0 Å². The highest BCUT2D eigenvalue weighted by atomic mass is 16.6. The quantitative estimate of drug-likeness (QED) is 0.502. The molecule has 0 aliphatic heterocycles. The fourth-order valence-corrected chi connectivity index (χ4v) is 1.40. The Labute approximate surface area is 109 Å². The van der Waals surface area contributed by atoms with Gasteiger partial charge in [0.05, 0.1) is 12.0 Å². The van der Waals surface area contributed by atoms with Crippen LogP contribution in [0.25, 0.3) is 0 Å². The molecule has 102 valence electrons. The van der Waals surface area contributed by atoms with Gasteiger partial charge < -0.3 is 10.1 Å². The van der Waals surface area contributed by atoms with Crippen LogP contribution in [0.15, 0.2) is 24.3 Å². The van der Waals surface area contributed by atoms with Crippen molar-refractivity contribution in [2.45, 2.75) is 19.4 Å². The van der Waals surface area contributed by atoms with Crippen LogP contribution in [-0.4, -0.2) is 29.4 Å². The van der Waals surface area contributed by atoms with E-state index in [1.54, 1.807) is 0 Å². The number of hydrogen-bond donors (Lipinski definition) is 1. The number of nitrogens with zero attached hydrogens (tertiary/aromatic N) is 1. The van der Waals surface area contributed by atoms with Crippen LogP contribution in [0.2, 0.25) is 0 Å². The molecule has 0 spiro atoms. The molecule has 1 rings (SSSR count). The number of benzene rings is 1. The number of amides is 1. The molecule has 7 heteroatoms. The summed E-state index contributed by atoms with van der Waals surface area (Å²) < 4.78 is 4.56. The molecule has 0 heterocycles. The molecule has 1 aromatic carbocycles. The van der Waals surface area contributed by atoms with Crippen LogP contribution in [0.5, 0.6) is 0 Å². The van der Waals surface area contributed by atoms with Crippen molar-refractivity contribution in [3.05, 3.63) is 39.9 Å². The Morgan fingerprint density at radius 2 is 1.79 bits per heavy atom. The van der Waals surface area contributed by atoms with Gasteiger partial charge in [0.25, 0.3) is 11.6 Å². The van der Waals surface area contributed by atoms with Gasteiger partial charge in [-0.3, -0.25) is 14.9 Å². The minimum absolute atomic E-state index is 0.108. The third-order valence-electron chi connectivity index (χ3n) is 2.46. The van der Waals surface area contributed by atoms with Gasteiger partial charge in [0.15, 0.2) is 0 Å². The van der Waals surface area contributed by atoms with Crippen LogP contribution >= 0.6 is 0 Å². The van der Waals surface area contributed by atoms with E-state index >= 15 is 0 Å². The van der Waals surface area contributed by atoms with Gasteiger partial charge in [0.1, 0.15) is 5.54 Å². The maximum Gasteiger partial charge on any atom is 0.330 e. The Morgan fingerprint density at radius 3 is 2.21 bits per heavy atom. The molecule has 1 N–H and O–H groups in total. The third-order valence-corrected chi connectivity index (χ3v) is 2.46. The van der Waals surface area contributed by atoms with E-state index in [2.05, 4.69) is 10.1 Å². The van der Waals surface area contributed by atoms with E-state index in [0.717, 1.165) is 0 Å². The largest absolute Gasteiger partial charge is 0.467 e. The molecule has 1 amide bonds. The number of nitrogens with one attached hydrogen (secondary N) is 1. The van der Waals surface area contributed by atoms with Crippen LogP contribution < -0.4 is 5.32 Å². The van der Waals surface area contributed by atoms with Crippen molar-refractivity contribution < 1.29 is 19.2 Å². The summed E-state index contributed by atoms with van der Waals surface area (Å²) in [5.74, 6) is -1.09. The van der Waals surface area contributed by atoms with Gasteiger partial charge in [-0.2, -0.15) is 0 Å². The molecule has 0 aromatic heterocycles. The third kappa shape index (κ3) is 3.51. The summed E-state index contributed by atoms with van der Waals surface area (Å²) in [6.07, 6.45) is 0. The summed E-state index contributed by atoms with van der Waals surface area (Å²) in [6.45, 7) is 3.00. The van der Waals surface area contributed by atoms with Gasteiger partial charge in [0.2, 0.25) is 0 Å². The summed E-state index contributed by atoms with van der Waals surface area (Å²) in [5.41, 5.74) is -1.06. The maximum absolute atomic E-state index is 11.9. The second-order valence-electron chi connectivity index (χ2n) is 4.37. The summed E-state index contributed by atoms with van der Waals surface area (Å²) in [5, 5.41) is 13.0. The van der Waals surface area contributed by atoms with E-state index in [1.165, 1.54) is 45.2 Å². The van der Waals surface area contributed by atoms with E-state index in [4.69, 9.17) is 0 Å². The van der Waals surface area contributed by atoms with Gasteiger partial charge in [-0.25, -0.2) is 4.79 Å². The van der Waals surface area contributed by atoms with Gasteiger partial charge in [-0.1, -0.05) is 0 Å². The van der Waals surface area contributed by atoms with Crippen LogP contribution in [0.3, 0.4) is 0 Å². The number of carbonyl (C=O) groups is 2. The number of carbonyl (C=O) groups excluding carboxylic acids is 2. The van der Waals surface area contributed by atoms with Gasteiger partial charge >= 0.3 is 5.97 Å². The molecular formula is C12H14N2O5. The smallest absolute Gasteiger partial charge is 0.330 e. The number of rotatable bonds is 4. The first-order valence-corrected chi connectivity index (χ1v) is 5.43. The predicted molar refractivity (Wildman–Crippen MR) is 66.7 cm³/mol. The van der Waals surface area contributed by atoms with E-state index in [1.807, 2.05) is 0 Å². The fourth-order valence-electron chi connectivity index (χ4n) is 1.40. The lowest BCUT2D eigenvalue weighted by Gasteiger charge is -2.22. The minimum Gasteiger partial charge on any atom is -0.467 e. The molecule has 0 saturated heterocycles. The Bertz CT molecular complexity index is 507. The zero-order valence-electron chi connectivity index (χ0n) is 10.8. The number of hydrogen-bond acceptors (Lipinski definition) is 5. The van der Waals surface area contributed by atoms with E-state index in [-0.39, 0.29) is 11.3 Å². The second kappa shape index (κ2) is 5.47. The number of non-ortho nitro benzene ring substituents is 1. The minimum atomic E-state index is -1.17. The van der Waals surface area contributed by atoms with Crippen molar-refractivity contribution in [2.75, 3.05) is 7.11 Å². The van der Waals surface area contributed by atoms with Crippen LogP contribution in [0, 0.1) is 10.1 Å². The second-order valence-corrected chi connectivity index (χ2v) is 4.37. The number of methoxy groups -OCH3 is 1. The van der Waals surface area contributed by atoms with Crippen LogP contribution in [0.1, 0.15) is 24.2 Å². The van der Waals surface area contributed by atoms with E-state index < -0.39 is 22.3 Å². The maximum atomic E-state index is 11.9. The van der Waals surface area contributed by atoms with Crippen molar-refractivity contribution in [2.24, 2.45) is 0 Å². The Kier molecular flexibility index (Phi) is 4.21. The first-order valence-electron chi connectivity index (χ1n) is 5.43. The fraction of sp³-hybridized carbons (Fsp3) is 0.333. The van der Waals surface area contributed by atoms with Crippen molar-refractivity contribution in [3.8, 4) is 0 Å². The standard InChI is InChI=1S/C12H14N2O5/c1-12(2,11(16)19-3)13-10(15)8-4-6-9(7-5-8)14(17)18/h4-7H,1-3H3,(H,13,15). The summed E-state index contributed by atoms with van der Waals surface area (Å²) in [4.78, 5) is 33.2. The van der Waals surface area contributed by atoms with Crippen molar-refractivity contribution in [3.63, 3.8) is 0 Å². The molecule has 0 aliphatic rings. The zero-order valence-corrected chi connectivity index (χ0v) is 10.8. The molecule has 0 fully saturated rings. The van der Waals surface area contributed by atoms with Crippen LogP contribution in [0.4, 0.5) is 5.69 Å². The monoisotopic (exact) mass is 266 g/mol. The lowest BCUT2D eigenvalue weighted by atomic mass is 10.0. The molecule has 0 saturated carbocycles. The van der Waals surface area contributed by atoms with Gasteiger partial charge in [0, 0.05) is 17.7 Å². The molecule has 0 radical (unpaired) electrons. The van der Waals surface area contributed by atoms with Gasteiger partial charge in [-0.15, -0.1) is 0 Å². The SMILES string of the molecule is COC(=O)C(C)(C)NC(=O)c1ccc([N+](=O)[O-])cc1. The first-order chi connectivity index (χ1) is 8.77. The highest BCUT2D eigenvalue weighted by Crippen LogP contribution is 2.13. The number of ether oxygens (including phenoxy) is 1. The summed E-state index contributed by atoms with van der Waals surface area (Å²) >= 11 is 0. The molecule has 0 aliphatic carbocycles. The summed E-state index contributed by atoms with van der Waals surface area (Å²) in [7, 11) is 1.22. The molecule has 0 bridgehead atoms. The zero-order chi connectivity index (χ0) is 14.6. The molecule has 7 nitrogen and oxygen atoms in total. The topological polar surface area (TPSA) is 98.5 Å². The normalized spacial score (nSPS) is 10.7. The Hall–Kier alpha value is -2.44. The Morgan fingerprint density at radius 1 is 1.26 bits per heavy atom. The summed E-state index contributed by atoms with van der Waals surface area (Å²) in [6, 6.07) is 5.09. The van der Waals surface area contributed by atoms with Crippen molar-refractivity contribution >= 4 is 17.6 Å². The molecule has 0 atom stereocenters. The van der Waals surface area contributed by atoms with E-state index in [9.17, 15) is 19.7 Å². The van der Waals surface area contributed by atoms with Gasteiger partial charge in [-0.05, 0) is 26.0 Å². The highest BCUT2D eigenvalue weighted by molar-refractivity contribution is 5.98. The lowest BCUT2D eigenvalue weighted by molar-refractivity contribution is -0.384. The van der Waals surface area contributed by atoms with E-state index in [0.29, 0.717) is 0 Å². The Balaban J connectivity index is 2.84. The molecule has 1 aromatic rings. The number of esters is 1. The predicted octanol–water partition coefficient (Wildman–Crippen LogP) is 1.28. The lowest BCUT2D eigenvalue weighted by Crippen LogP contribution is -2.50. The number of nitro benzene ring substituents is 1. The van der Waals surface area contributed by atoms with Crippen molar-refractivity contribution in [1.82, 2.24) is 5.32 Å². The average Bonchev–Trinajstić information content (AvgIpc) is 2.37. The first kappa shape index (κ1) is 14.6.